The van der Waals surface area contributed by atoms with E-state index in [-0.39, 0.29) is 86.6 Å². The third kappa shape index (κ3) is 4.10. The Labute approximate surface area is 145 Å². The van der Waals surface area contributed by atoms with Crippen LogP contribution in [0.2, 0.25) is 0 Å². The zero-order valence-electron chi connectivity index (χ0n) is 6.43. The molecule has 71 valence electrons. The first-order valence-electron chi connectivity index (χ1n) is 3.00. The van der Waals surface area contributed by atoms with Gasteiger partial charge in [-0.05, 0) is 12.1 Å². The average Bonchev–Trinajstić information content (AvgIpc) is 1.99. The fourth-order valence-electron chi connectivity index (χ4n) is 0.728. The molecule has 0 saturated heterocycles. The van der Waals surface area contributed by atoms with Gasteiger partial charge in [-0.15, -0.1) is 0 Å². The standard InChI is InChI=1S/C7H6O5.La.Sr.2H/c8-4-1-3(7(11)12)2-5(9)6(4)10;;;;/h1-2,8-10H,(H,11,12);;;;. The maximum absolute atomic E-state index is 10.3. The normalized spacial score (nSPS) is 8.29. The SMILES string of the molecule is O=C(O)c1cc(O)c(O)c(O)c1.[La].[SrH2]. The van der Waals surface area contributed by atoms with Gasteiger partial charge in [0.05, 0.1) is 5.56 Å². The molecule has 0 spiro atoms. The average molecular weight is 399 g/mol. The van der Waals surface area contributed by atoms with E-state index in [9.17, 15) is 4.79 Å². The number of phenolic OH excluding ortho intramolecular Hbond substituents is 3. The molecule has 5 nitrogen and oxygen atoms in total. The van der Waals surface area contributed by atoms with E-state index in [1.165, 1.54) is 0 Å². The molecular weight excluding hydrogens is 391 g/mol. The van der Waals surface area contributed by atoms with Crippen LogP contribution in [0.15, 0.2) is 12.1 Å². The molecule has 0 aliphatic carbocycles. The van der Waals surface area contributed by atoms with Crippen LogP contribution >= 0.6 is 0 Å². The van der Waals surface area contributed by atoms with Crippen LogP contribution < -0.4 is 0 Å². The molecule has 0 bridgehead atoms. The predicted octanol–water partition coefficient (Wildman–Crippen LogP) is -0.415. The number of aromatic hydroxyl groups is 3. The summed E-state index contributed by atoms with van der Waals surface area (Å²) >= 11 is 0. The summed E-state index contributed by atoms with van der Waals surface area (Å²) in [7, 11) is 0. The van der Waals surface area contributed by atoms with Crippen molar-refractivity contribution in [3.8, 4) is 17.2 Å². The molecule has 1 rings (SSSR count). The molecule has 0 amide bonds. The molecule has 0 aliphatic heterocycles. The van der Waals surface area contributed by atoms with Crippen LogP contribution in [-0.2, 0) is 0 Å². The number of aromatic carboxylic acids is 1. The topological polar surface area (TPSA) is 98.0 Å². The molecule has 1 aromatic carbocycles. The summed E-state index contributed by atoms with van der Waals surface area (Å²) in [6.07, 6.45) is 0. The molecule has 14 heavy (non-hydrogen) atoms. The Kier molecular flexibility index (Phi) is 8.72. The fourth-order valence-corrected chi connectivity index (χ4v) is 0.728. The molecule has 0 heterocycles. The number of carboxylic acid groups (broad SMARTS) is 1. The van der Waals surface area contributed by atoms with Gasteiger partial charge in [0.1, 0.15) is 0 Å². The van der Waals surface area contributed by atoms with Gasteiger partial charge in [-0.2, -0.15) is 0 Å². The minimum absolute atomic E-state index is 0. The van der Waals surface area contributed by atoms with Gasteiger partial charge >= 0.3 is 51.5 Å². The van der Waals surface area contributed by atoms with E-state index in [1.54, 1.807) is 0 Å². The minimum atomic E-state index is -1.29. The molecule has 0 atom stereocenters. The number of benzene rings is 1. The molecule has 0 aliphatic rings. The molecule has 0 aromatic heterocycles. The van der Waals surface area contributed by atoms with Gasteiger partial charge in [-0.3, -0.25) is 0 Å². The Morgan fingerprint density at radius 1 is 1.07 bits per heavy atom. The van der Waals surface area contributed by atoms with Crippen molar-refractivity contribution in [3.05, 3.63) is 17.7 Å². The van der Waals surface area contributed by atoms with Crippen molar-refractivity contribution in [2.24, 2.45) is 0 Å². The third-order valence-corrected chi connectivity index (χ3v) is 1.32. The Balaban J connectivity index is 0. The molecule has 7 heteroatoms. The summed E-state index contributed by atoms with van der Waals surface area (Å²) in [6, 6.07) is 1.69. The zero-order valence-corrected chi connectivity index (χ0v) is 10.1. The second-order valence-electron chi connectivity index (χ2n) is 2.17. The molecule has 4 N–H and O–H groups in total. The van der Waals surface area contributed by atoms with Crippen molar-refractivity contribution in [2.75, 3.05) is 0 Å². The molecule has 1 radical (unpaired) electrons. The van der Waals surface area contributed by atoms with Crippen molar-refractivity contribution in [1.29, 1.82) is 0 Å². The van der Waals surface area contributed by atoms with Crippen molar-refractivity contribution in [3.63, 3.8) is 0 Å². The van der Waals surface area contributed by atoms with E-state index >= 15 is 0 Å². The Morgan fingerprint density at radius 3 is 1.71 bits per heavy atom. The Hall–Kier alpha value is 0.765. The second-order valence-corrected chi connectivity index (χ2v) is 2.17. The van der Waals surface area contributed by atoms with Crippen LogP contribution in [0, 0.1) is 35.6 Å². The van der Waals surface area contributed by atoms with Gasteiger partial charge in [-0.1, -0.05) is 0 Å². The van der Waals surface area contributed by atoms with Gasteiger partial charge in [0.15, 0.2) is 17.2 Å². The molecule has 0 fully saturated rings. The van der Waals surface area contributed by atoms with Gasteiger partial charge < -0.3 is 20.4 Å². The number of carboxylic acids is 1. The zero-order chi connectivity index (χ0) is 9.30. The van der Waals surface area contributed by atoms with Crippen molar-refractivity contribution < 1.29 is 60.8 Å². The molecule has 0 unspecified atom stereocenters. The van der Waals surface area contributed by atoms with Crippen LogP contribution in [0.25, 0.3) is 0 Å². The van der Waals surface area contributed by atoms with E-state index < -0.39 is 23.2 Å². The van der Waals surface area contributed by atoms with Crippen LogP contribution in [0.4, 0.5) is 0 Å². The second kappa shape index (κ2) is 7.11. The monoisotopic (exact) mass is 399 g/mol. The van der Waals surface area contributed by atoms with E-state index in [0.29, 0.717) is 0 Å². The van der Waals surface area contributed by atoms with Gasteiger partial charge in [-0.25, -0.2) is 4.79 Å². The molecule has 1 aromatic rings. The quantitative estimate of drug-likeness (QED) is 0.381. The van der Waals surface area contributed by atoms with Crippen LogP contribution in [0.5, 0.6) is 17.2 Å². The number of rotatable bonds is 1. The number of carbonyl (C=O) groups is 1. The first kappa shape index (κ1) is 17.2. The molecule has 0 saturated carbocycles. The summed E-state index contributed by atoms with van der Waals surface area (Å²) < 4.78 is 0. The van der Waals surface area contributed by atoms with Gasteiger partial charge in [0.2, 0.25) is 0 Å². The van der Waals surface area contributed by atoms with Gasteiger partial charge in [0.25, 0.3) is 0 Å². The Bertz CT molecular complexity index is 318. The summed E-state index contributed by atoms with van der Waals surface area (Å²) in [5.74, 6) is -3.33. The number of phenols is 3. The van der Waals surface area contributed by atoms with Crippen molar-refractivity contribution >= 4 is 51.5 Å². The van der Waals surface area contributed by atoms with Gasteiger partial charge in [0, 0.05) is 35.6 Å². The fraction of sp³-hybridized carbons (Fsp3) is 0. The summed E-state index contributed by atoms with van der Waals surface area (Å²) in [6.45, 7) is 0. The van der Waals surface area contributed by atoms with E-state index in [0.717, 1.165) is 12.1 Å². The number of hydrogen-bond donors (Lipinski definition) is 4. The van der Waals surface area contributed by atoms with E-state index in [1.807, 2.05) is 0 Å². The first-order chi connectivity index (χ1) is 5.52. The van der Waals surface area contributed by atoms with E-state index in [4.69, 9.17) is 20.4 Å². The summed E-state index contributed by atoms with van der Waals surface area (Å²) in [5, 5.41) is 35.0. The maximum atomic E-state index is 10.3. The van der Waals surface area contributed by atoms with Crippen molar-refractivity contribution in [1.82, 2.24) is 0 Å². The van der Waals surface area contributed by atoms with Crippen LogP contribution in [-0.4, -0.2) is 71.9 Å². The first-order valence-corrected chi connectivity index (χ1v) is 3.00. The third-order valence-electron chi connectivity index (χ3n) is 1.32. The summed E-state index contributed by atoms with van der Waals surface area (Å²) in [4.78, 5) is 10.3. The van der Waals surface area contributed by atoms with E-state index in [2.05, 4.69) is 0 Å². The molecular formula is C7H8LaO5Sr. The van der Waals surface area contributed by atoms with Crippen molar-refractivity contribution in [2.45, 2.75) is 0 Å². The number of hydrogen-bond acceptors (Lipinski definition) is 4. The Morgan fingerprint density at radius 2 is 1.43 bits per heavy atom. The van der Waals surface area contributed by atoms with Crippen LogP contribution in [0.1, 0.15) is 10.4 Å². The predicted molar refractivity (Wildman–Crippen MR) is 46.9 cm³/mol. The van der Waals surface area contributed by atoms with Crippen LogP contribution in [0.3, 0.4) is 0 Å². The summed E-state index contributed by atoms with van der Waals surface area (Å²) in [5.41, 5.74) is -0.289.